The SMILES string of the molecule is C=C1C(=O)C2=CC1C[C@@H](OC(C)=O)C(=O)[C@]1(C)CCCC(C)(C)[C@H]1C[C@H]2O. The fourth-order valence-corrected chi connectivity index (χ4v) is 5.57. The third-order valence-corrected chi connectivity index (χ3v) is 7.06. The Morgan fingerprint density at radius 2 is 1.89 bits per heavy atom. The number of carbonyl (C=O) groups is 3. The number of aliphatic hydroxyl groups excluding tert-OH is 1. The van der Waals surface area contributed by atoms with Crippen molar-refractivity contribution in [1.29, 1.82) is 0 Å². The lowest BCUT2D eigenvalue weighted by Gasteiger charge is -2.51. The molecule has 3 rings (SSSR count). The van der Waals surface area contributed by atoms with E-state index in [1.54, 1.807) is 6.08 Å². The van der Waals surface area contributed by atoms with E-state index in [1.165, 1.54) is 6.92 Å². The summed E-state index contributed by atoms with van der Waals surface area (Å²) in [4.78, 5) is 37.9. The monoisotopic (exact) mass is 374 g/mol. The molecule has 0 amide bonds. The number of hydrogen-bond acceptors (Lipinski definition) is 5. The smallest absolute Gasteiger partial charge is 0.303 e. The predicted octanol–water partition coefficient (Wildman–Crippen LogP) is 3.16. The molecule has 27 heavy (non-hydrogen) atoms. The van der Waals surface area contributed by atoms with E-state index in [0.717, 1.165) is 12.8 Å². The summed E-state index contributed by atoms with van der Waals surface area (Å²) in [5, 5.41) is 10.9. The molecule has 5 heteroatoms. The molecule has 2 bridgehead atoms. The van der Waals surface area contributed by atoms with Crippen LogP contribution in [0.3, 0.4) is 0 Å². The third kappa shape index (κ3) is 3.31. The molecule has 3 aliphatic carbocycles. The van der Waals surface area contributed by atoms with Gasteiger partial charge in [-0.15, -0.1) is 0 Å². The second kappa shape index (κ2) is 6.69. The number of allylic oxidation sites excluding steroid dienone is 2. The zero-order valence-corrected chi connectivity index (χ0v) is 16.7. The Morgan fingerprint density at radius 3 is 2.52 bits per heavy atom. The van der Waals surface area contributed by atoms with Crippen LogP contribution in [0.4, 0.5) is 0 Å². The van der Waals surface area contributed by atoms with Crippen LogP contribution in [0.5, 0.6) is 0 Å². The van der Waals surface area contributed by atoms with E-state index in [9.17, 15) is 19.5 Å². The van der Waals surface area contributed by atoms with Crippen LogP contribution in [0, 0.1) is 22.7 Å². The van der Waals surface area contributed by atoms with Crippen molar-refractivity contribution in [2.75, 3.05) is 0 Å². The van der Waals surface area contributed by atoms with E-state index in [4.69, 9.17) is 4.74 Å². The molecule has 1 N–H and O–H groups in total. The van der Waals surface area contributed by atoms with Crippen molar-refractivity contribution in [1.82, 2.24) is 0 Å². The topological polar surface area (TPSA) is 80.7 Å². The van der Waals surface area contributed by atoms with Gasteiger partial charge in [0.2, 0.25) is 0 Å². The van der Waals surface area contributed by atoms with Crippen LogP contribution >= 0.6 is 0 Å². The number of Topliss-reactive ketones (excluding diaryl/α,β-unsaturated/α-hetero) is 2. The lowest BCUT2D eigenvalue weighted by atomic mass is 9.52. The molecule has 0 aromatic rings. The summed E-state index contributed by atoms with van der Waals surface area (Å²) in [6.45, 7) is 11.4. The highest BCUT2D eigenvalue weighted by atomic mass is 16.5. The maximum absolute atomic E-state index is 13.6. The number of rotatable bonds is 1. The molecule has 1 unspecified atom stereocenters. The minimum atomic E-state index is -0.904. The minimum absolute atomic E-state index is 0.0910. The second-order valence-electron chi connectivity index (χ2n) is 9.34. The number of esters is 1. The Hall–Kier alpha value is -1.75. The van der Waals surface area contributed by atoms with Crippen molar-refractivity contribution in [3.63, 3.8) is 0 Å². The van der Waals surface area contributed by atoms with E-state index < -0.39 is 23.6 Å². The molecule has 0 aromatic heterocycles. The molecular formula is C22H30O5. The van der Waals surface area contributed by atoms with Crippen LogP contribution in [0.1, 0.15) is 59.8 Å². The van der Waals surface area contributed by atoms with Crippen molar-refractivity contribution < 1.29 is 24.2 Å². The summed E-state index contributed by atoms with van der Waals surface area (Å²) in [7, 11) is 0. The fraction of sp³-hybridized carbons (Fsp3) is 0.682. The molecule has 3 aliphatic rings. The van der Waals surface area contributed by atoms with Crippen molar-refractivity contribution in [3.8, 4) is 0 Å². The Balaban J connectivity index is 2.11. The standard InChI is InChI=1S/C22H30O5/c1-12-14-9-15(19(12)25)16(24)11-18-21(3,4)7-6-8-22(18,5)20(26)17(10-14)27-13(2)23/h9,14,16-18,24H,1,6-8,10-11H2,2-5H3/t14?,16-,17-,18-,22-/m1/s1. The van der Waals surface area contributed by atoms with Gasteiger partial charge in [0.1, 0.15) is 0 Å². The maximum Gasteiger partial charge on any atom is 0.303 e. The minimum Gasteiger partial charge on any atom is -0.454 e. The molecule has 0 aromatic carbocycles. The number of hydrogen-bond donors (Lipinski definition) is 1. The van der Waals surface area contributed by atoms with E-state index in [-0.39, 0.29) is 35.2 Å². The predicted molar refractivity (Wildman–Crippen MR) is 101 cm³/mol. The lowest BCUT2D eigenvalue weighted by molar-refractivity contribution is -0.163. The van der Waals surface area contributed by atoms with E-state index in [1.807, 2.05) is 6.92 Å². The summed E-state index contributed by atoms with van der Waals surface area (Å²) in [5.41, 5.74) is -0.125. The number of ether oxygens (including phenoxy) is 1. The highest BCUT2D eigenvalue weighted by Crippen LogP contribution is 2.55. The number of aliphatic hydroxyl groups is 1. The van der Waals surface area contributed by atoms with Crippen LogP contribution in [0.15, 0.2) is 23.8 Å². The first-order valence-electron chi connectivity index (χ1n) is 9.82. The zero-order valence-electron chi connectivity index (χ0n) is 16.7. The average molecular weight is 374 g/mol. The first-order valence-corrected chi connectivity index (χ1v) is 9.82. The third-order valence-electron chi connectivity index (χ3n) is 7.06. The van der Waals surface area contributed by atoms with Gasteiger partial charge in [0.25, 0.3) is 0 Å². The normalized spacial score (nSPS) is 38.9. The summed E-state index contributed by atoms with van der Waals surface area (Å²) in [5.74, 6) is -1.32. The molecule has 0 radical (unpaired) electrons. The van der Waals surface area contributed by atoms with Gasteiger partial charge in [-0.25, -0.2) is 0 Å². The Bertz CT molecular complexity index is 731. The molecule has 5 nitrogen and oxygen atoms in total. The average Bonchev–Trinajstić information content (AvgIpc) is 2.84. The molecule has 148 valence electrons. The van der Waals surface area contributed by atoms with Gasteiger partial charge in [0, 0.05) is 30.3 Å². The first kappa shape index (κ1) is 20.0. The lowest BCUT2D eigenvalue weighted by Crippen LogP contribution is -2.52. The molecular weight excluding hydrogens is 344 g/mol. The van der Waals surface area contributed by atoms with Gasteiger partial charge in [-0.05, 0) is 36.2 Å². The van der Waals surface area contributed by atoms with Crippen LogP contribution < -0.4 is 0 Å². The van der Waals surface area contributed by atoms with Crippen molar-refractivity contribution in [2.24, 2.45) is 22.7 Å². The van der Waals surface area contributed by atoms with Gasteiger partial charge in [-0.3, -0.25) is 14.4 Å². The molecule has 0 spiro atoms. The molecule has 1 fully saturated rings. The number of carbonyl (C=O) groups excluding carboxylic acids is 3. The summed E-state index contributed by atoms with van der Waals surface area (Å²) < 4.78 is 5.45. The largest absolute Gasteiger partial charge is 0.454 e. The summed E-state index contributed by atoms with van der Waals surface area (Å²) in [6.07, 6.45) is 3.03. The second-order valence-corrected chi connectivity index (χ2v) is 9.34. The van der Waals surface area contributed by atoms with Gasteiger partial charge in [-0.2, -0.15) is 0 Å². The van der Waals surface area contributed by atoms with Gasteiger partial charge in [-0.1, -0.05) is 39.8 Å². The van der Waals surface area contributed by atoms with Crippen LogP contribution in [0.2, 0.25) is 0 Å². The quantitative estimate of drug-likeness (QED) is 0.563. The molecule has 0 heterocycles. The van der Waals surface area contributed by atoms with Crippen LogP contribution in [0.25, 0.3) is 0 Å². The van der Waals surface area contributed by atoms with Crippen LogP contribution in [-0.4, -0.2) is 34.9 Å². The number of fused-ring (bicyclic) bond motifs is 2. The Morgan fingerprint density at radius 1 is 1.22 bits per heavy atom. The molecule has 1 saturated carbocycles. The van der Waals surface area contributed by atoms with Gasteiger partial charge in [0.15, 0.2) is 17.7 Å². The first-order chi connectivity index (χ1) is 12.5. The van der Waals surface area contributed by atoms with Gasteiger partial charge in [0.05, 0.1) is 6.10 Å². The molecule has 5 atom stereocenters. The van der Waals surface area contributed by atoms with Crippen molar-refractivity contribution in [3.05, 3.63) is 23.8 Å². The summed E-state index contributed by atoms with van der Waals surface area (Å²) in [6, 6.07) is 0. The van der Waals surface area contributed by atoms with Crippen molar-refractivity contribution in [2.45, 2.75) is 72.0 Å². The van der Waals surface area contributed by atoms with E-state index >= 15 is 0 Å². The fourth-order valence-electron chi connectivity index (χ4n) is 5.57. The highest BCUT2D eigenvalue weighted by Gasteiger charge is 2.54. The van der Waals surface area contributed by atoms with Gasteiger partial charge >= 0.3 is 5.97 Å². The van der Waals surface area contributed by atoms with Gasteiger partial charge < -0.3 is 9.84 Å². The maximum atomic E-state index is 13.6. The number of ketones is 2. The highest BCUT2D eigenvalue weighted by molar-refractivity contribution is 6.11. The zero-order chi connectivity index (χ0) is 20.1. The molecule has 0 aliphatic heterocycles. The van der Waals surface area contributed by atoms with E-state index in [2.05, 4.69) is 20.4 Å². The molecule has 0 saturated heterocycles. The Labute approximate surface area is 160 Å². The van der Waals surface area contributed by atoms with E-state index in [0.29, 0.717) is 24.0 Å². The summed E-state index contributed by atoms with van der Waals surface area (Å²) >= 11 is 0. The van der Waals surface area contributed by atoms with Crippen LogP contribution in [-0.2, 0) is 19.1 Å². The van der Waals surface area contributed by atoms with Crippen molar-refractivity contribution >= 4 is 17.5 Å². The Kier molecular flexibility index (Phi) is 4.96.